The second kappa shape index (κ2) is 4.70. The van der Waals surface area contributed by atoms with Crippen LogP contribution in [0.3, 0.4) is 0 Å². The number of nitrogens with two attached hydrogens (primary N) is 1. The zero-order chi connectivity index (χ0) is 12.5. The smallest absolute Gasteiger partial charge is 0.127 e. The molecule has 0 radical (unpaired) electrons. The molecule has 2 rings (SSSR count). The minimum atomic E-state index is -0.394. The lowest BCUT2D eigenvalue weighted by molar-refractivity contribution is 0.0557. The fourth-order valence-corrected chi connectivity index (χ4v) is 2.52. The number of likely N-dealkylation sites (tertiary alicyclic amines) is 1. The van der Waals surface area contributed by atoms with Gasteiger partial charge in [0, 0.05) is 30.7 Å². The van der Waals surface area contributed by atoms with Crippen molar-refractivity contribution < 1.29 is 8.78 Å². The van der Waals surface area contributed by atoms with Crippen molar-refractivity contribution in [1.29, 1.82) is 0 Å². The van der Waals surface area contributed by atoms with E-state index in [4.69, 9.17) is 5.73 Å². The molecular formula is C13H18F2N2. The third kappa shape index (κ3) is 2.82. The van der Waals surface area contributed by atoms with E-state index < -0.39 is 5.82 Å². The second-order valence-electron chi connectivity index (χ2n) is 4.99. The largest absolute Gasteiger partial charge is 0.323 e. The van der Waals surface area contributed by atoms with Gasteiger partial charge in [0.1, 0.15) is 11.6 Å². The van der Waals surface area contributed by atoms with E-state index in [-0.39, 0.29) is 11.4 Å². The van der Waals surface area contributed by atoms with Gasteiger partial charge in [-0.1, -0.05) is 13.3 Å². The summed E-state index contributed by atoms with van der Waals surface area (Å²) in [5.74, 6) is -0.745. The Bertz CT molecular complexity index is 400. The fraction of sp³-hybridized carbons (Fsp3) is 0.538. The first-order chi connectivity index (χ1) is 8.02. The minimum absolute atomic E-state index is 0.126. The molecule has 0 aromatic heterocycles. The maximum atomic E-state index is 13.4. The molecule has 0 unspecified atom stereocenters. The van der Waals surface area contributed by atoms with Crippen LogP contribution in [0.25, 0.3) is 0 Å². The molecule has 1 aromatic rings. The van der Waals surface area contributed by atoms with Crippen LogP contribution in [0.4, 0.5) is 8.78 Å². The molecule has 1 fully saturated rings. The van der Waals surface area contributed by atoms with E-state index in [1.807, 2.05) is 4.90 Å². The van der Waals surface area contributed by atoms with Crippen LogP contribution in [0, 0.1) is 11.6 Å². The van der Waals surface area contributed by atoms with Crippen molar-refractivity contribution in [3.05, 3.63) is 35.4 Å². The van der Waals surface area contributed by atoms with Crippen molar-refractivity contribution in [2.75, 3.05) is 13.1 Å². The van der Waals surface area contributed by atoms with Crippen LogP contribution >= 0.6 is 0 Å². The van der Waals surface area contributed by atoms with Gasteiger partial charge < -0.3 is 5.73 Å². The average Bonchev–Trinajstić information content (AvgIpc) is 2.21. The molecule has 1 aliphatic rings. The Morgan fingerprint density at radius 1 is 1.35 bits per heavy atom. The van der Waals surface area contributed by atoms with Gasteiger partial charge in [-0.15, -0.1) is 0 Å². The zero-order valence-electron chi connectivity index (χ0n) is 10.0. The van der Waals surface area contributed by atoms with E-state index in [1.54, 1.807) is 0 Å². The molecule has 0 spiro atoms. The van der Waals surface area contributed by atoms with E-state index in [0.29, 0.717) is 12.1 Å². The number of halogens is 2. The molecular weight excluding hydrogens is 222 g/mol. The Hall–Kier alpha value is -1.00. The Labute approximate surface area is 100 Å². The molecule has 0 bridgehead atoms. The number of nitrogens with zero attached hydrogens (tertiary/aromatic N) is 1. The van der Waals surface area contributed by atoms with Crippen LogP contribution in [-0.2, 0) is 6.54 Å². The molecule has 1 aromatic carbocycles. The first kappa shape index (κ1) is 12.5. The maximum absolute atomic E-state index is 13.4. The Kier molecular flexibility index (Phi) is 3.45. The normalized spacial score (nSPS) is 19.1. The third-order valence-electron chi connectivity index (χ3n) is 3.23. The summed E-state index contributed by atoms with van der Waals surface area (Å²) < 4.78 is 26.4. The lowest BCUT2D eigenvalue weighted by Crippen LogP contribution is -2.66. The summed E-state index contributed by atoms with van der Waals surface area (Å²) in [5, 5.41) is 0. The van der Waals surface area contributed by atoms with Crippen LogP contribution in [0.15, 0.2) is 18.2 Å². The molecule has 1 heterocycles. The van der Waals surface area contributed by atoms with E-state index >= 15 is 0 Å². The van der Waals surface area contributed by atoms with Crippen LogP contribution < -0.4 is 5.73 Å². The van der Waals surface area contributed by atoms with Gasteiger partial charge in [0.2, 0.25) is 0 Å². The molecule has 17 heavy (non-hydrogen) atoms. The van der Waals surface area contributed by atoms with Crippen LogP contribution in [0.1, 0.15) is 25.3 Å². The summed E-state index contributed by atoms with van der Waals surface area (Å²) in [5.41, 5.74) is 6.40. The van der Waals surface area contributed by atoms with E-state index in [0.717, 1.165) is 32.0 Å². The molecule has 0 amide bonds. The van der Waals surface area contributed by atoms with E-state index in [1.165, 1.54) is 12.1 Å². The Morgan fingerprint density at radius 3 is 2.71 bits per heavy atom. The molecule has 2 N–H and O–H groups in total. The van der Waals surface area contributed by atoms with E-state index in [9.17, 15) is 8.78 Å². The second-order valence-corrected chi connectivity index (χ2v) is 4.99. The highest BCUT2D eigenvalue weighted by Gasteiger charge is 2.38. The molecule has 0 saturated carbocycles. The molecule has 0 aliphatic carbocycles. The predicted octanol–water partition coefficient (Wildman–Crippen LogP) is 2.28. The number of hydrogen-bond acceptors (Lipinski definition) is 2. The number of benzene rings is 1. The van der Waals surface area contributed by atoms with Crippen LogP contribution in [0.5, 0.6) is 0 Å². The average molecular weight is 240 g/mol. The van der Waals surface area contributed by atoms with Crippen molar-refractivity contribution in [1.82, 2.24) is 4.90 Å². The molecule has 0 atom stereocenters. The summed E-state index contributed by atoms with van der Waals surface area (Å²) in [4.78, 5) is 2.05. The van der Waals surface area contributed by atoms with Gasteiger partial charge >= 0.3 is 0 Å². The van der Waals surface area contributed by atoms with Crippen molar-refractivity contribution in [2.45, 2.75) is 31.8 Å². The molecule has 4 heteroatoms. The molecule has 1 saturated heterocycles. The fourth-order valence-electron chi connectivity index (χ4n) is 2.52. The summed E-state index contributed by atoms with van der Waals surface area (Å²) in [6, 6.07) is 3.57. The van der Waals surface area contributed by atoms with Gasteiger partial charge in [-0.3, -0.25) is 4.90 Å². The van der Waals surface area contributed by atoms with E-state index in [2.05, 4.69) is 6.92 Å². The standard InChI is InChI=1S/C13H18F2N2/c1-2-5-13(16)8-17(9-13)7-10-6-11(14)3-4-12(10)15/h3-4,6H,2,5,7-9,16H2,1H3. The lowest BCUT2D eigenvalue weighted by Gasteiger charge is -2.48. The number of hydrogen-bond donors (Lipinski definition) is 1. The third-order valence-corrected chi connectivity index (χ3v) is 3.23. The highest BCUT2D eigenvalue weighted by atomic mass is 19.1. The van der Waals surface area contributed by atoms with Crippen molar-refractivity contribution >= 4 is 0 Å². The van der Waals surface area contributed by atoms with Gasteiger partial charge in [-0.25, -0.2) is 8.78 Å². The van der Waals surface area contributed by atoms with Crippen LogP contribution in [-0.4, -0.2) is 23.5 Å². The summed E-state index contributed by atoms with van der Waals surface area (Å²) in [6.07, 6.45) is 2.04. The Morgan fingerprint density at radius 2 is 2.06 bits per heavy atom. The van der Waals surface area contributed by atoms with Gasteiger partial charge in [-0.2, -0.15) is 0 Å². The monoisotopic (exact) mass is 240 g/mol. The molecule has 2 nitrogen and oxygen atoms in total. The lowest BCUT2D eigenvalue weighted by atomic mass is 9.86. The molecule has 1 aliphatic heterocycles. The predicted molar refractivity (Wildman–Crippen MR) is 63.5 cm³/mol. The van der Waals surface area contributed by atoms with Crippen molar-refractivity contribution in [2.24, 2.45) is 5.73 Å². The quantitative estimate of drug-likeness (QED) is 0.874. The van der Waals surface area contributed by atoms with Gasteiger partial charge in [-0.05, 0) is 24.6 Å². The SMILES string of the molecule is CCCC1(N)CN(Cc2cc(F)ccc2F)C1. The summed E-state index contributed by atoms with van der Waals surface area (Å²) in [6.45, 7) is 4.06. The molecule has 94 valence electrons. The first-order valence-electron chi connectivity index (χ1n) is 5.97. The topological polar surface area (TPSA) is 29.3 Å². The highest BCUT2D eigenvalue weighted by Crippen LogP contribution is 2.25. The zero-order valence-corrected chi connectivity index (χ0v) is 10.0. The summed E-state index contributed by atoms with van der Waals surface area (Å²) >= 11 is 0. The summed E-state index contributed by atoms with van der Waals surface area (Å²) in [7, 11) is 0. The van der Waals surface area contributed by atoms with Gasteiger partial charge in [0.25, 0.3) is 0 Å². The van der Waals surface area contributed by atoms with Gasteiger partial charge in [0.05, 0.1) is 0 Å². The van der Waals surface area contributed by atoms with Gasteiger partial charge in [0.15, 0.2) is 0 Å². The van der Waals surface area contributed by atoms with Crippen molar-refractivity contribution in [3.8, 4) is 0 Å². The number of rotatable bonds is 4. The first-order valence-corrected chi connectivity index (χ1v) is 5.97. The maximum Gasteiger partial charge on any atom is 0.127 e. The van der Waals surface area contributed by atoms with Crippen molar-refractivity contribution in [3.63, 3.8) is 0 Å². The van der Waals surface area contributed by atoms with Crippen LogP contribution in [0.2, 0.25) is 0 Å². The highest BCUT2D eigenvalue weighted by molar-refractivity contribution is 5.19. The Balaban J connectivity index is 1.93. The minimum Gasteiger partial charge on any atom is -0.323 e.